The number of hydrogen-bond acceptors (Lipinski definition) is 3. The highest BCUT2D eigenvalue weighted by Gasteiger charge is 2.19. The molecule has 3 N–H and O–H groups in total. The molecule has 0 aliphatic carbocycles. The molecule has 0 aliphatic heterocycles. The van der Waals surface area contributed by atoms with Crippen molar-refractivity contribution in [3.8, 4) is 17.2 Å². The second-order valence-corrected chi connectivity index (χ2v) is 7.23. The lowest BCUT2D eigenvalue weighted by Gasteiger charge is -2.05. The van der Waals surface area contributed by atoms with Gasteiger partial charge in [-0.05, 0) is 54.7 Å². The van der Waals surface area contributed by atoms with Crippen LogP contribution in [-0.2, 0) is 10.0 Å². The van der Waals surface area contributed by atoms with E-state index in [9.17, 15) is 8.42 Å². The summed E-state index contributed by atoms with van der Waals surface area (Å²) >= 11 is 0. The summed E-state index contributed by atoms with van der Waals surface area (Å²) in [4.78, 5) is 0.335. The predicted molar refractivity (Wildman–Crippen MR) is 93.9 cm³/mol. The first-order valence-corrected chi connectivity index (χ1v) is 9.31. The first-order chi connectivity index (χ1) is 11.6. The lowest BCUT2D eigenvalue weighted by molar-refractivity contribution is 0.283. The highest BCUT2D eigenvalue weighted by molar-refractivity contribution is 7.89. The first-order valence-electron chi connectivity index (χ1n) is 7.79. The molecular weight excluding hydrogens is 324 g/mol. The molecule has 5 nitrogen and oxygen atoms in total. The Balaban J connectivity index is 2.03. The van der Waals surface area contributed by atoms with Crippen LogP contribution in [0.3, 0.4) is 0 Å². The Morgan fingerprint density at radius 1 is 1.00 bits per heavy atom. The lowest BCUT2D eigenvalue weighted by Crippen LogP contribution is -2.24. The summed E-state index contributed by atoms with van der Waals surface area (Å²) in [6, 6.07) is 16.1. The van der Waals surface area contributed by atoms with Gasteiger partial charge in [0.2, 0.25) is 0 Å². The summed E-state index contributed by atoms with van der Waals surface area (Å²) in [6.07, 6.45) is 2.26. The smallest absolute Gasteiger partial charge is 0.373 e. The third kappa shape index (κ3) is 4.90. The van der Waals surface area contributed by atoms with Crippen LogP contribution in [0.1, 0.15) is 24.8 Å². The van der Waals surface area contributed by atoms with Gasteiger partial charge in [-0.1, -0.05) is 24.3 Å². The second kappa shape index (κ2) is 8.60. The SMILES string of the molecule is N#Cc1ccc(-c2ccc(S(=O)(=[OH+])NCCCCCO)cc2)cc1. The van der Waals surface area contributed by atoms with Gasteiger partial charge in [-0.2, -0.15) is 14.2 Å². The predicted octanol–water partition coefficient (Wildman–Crippen LogP) is 2.82. The number of benzene rings is 2. The molecule has 2 aromatic rings. The maximum Gasteiger partial charge on any atom is 0.373 e. The van der Waals surface area contributed by atoms with Crippen LogP contribution in [0.2, 0.25) is 0 Å². The molecule has 0 saturated heterocycles. The minimum Gasteiger partial charge on any atom is -0.396 e. The van der Waals surface area contributed by atoms with Crippen molar-refractivity contribution in [1.29, 1.82) is 5.26 Å². The summed E-state index contributed by atoms with van der Waals surface area (Å²) in [6.45, 7) is 0.567. The molecule has 0 saturated carbocycles. The third-order valence-corrected chi connectivity index (χ3v) is 5.16. The van der Waals surface area contributed by atoms with E-state index in [1.807, 2.05) is 12.1 Å². The Morgan fingerprint density at radius 3 is 2.12 bits per heavy atom. The van der Waals surface area contributed by atoms with E-state index < -0.39 is 10.0 Å². The zero-order valence-electron chi connectivity index (χ0n) is 13.3. The van der Waals surface area contributed by atoms with Crippen LogP contribution < -0.4 is 4.72 Å². The van der Waals surface area contributed by atoms with E-state index in [0.29, 0.717) is 23.4 Å². The van der Waals surface area contributed by atoms with Crippen LogP contribution in [0.25, 0.3) is 11.1 Å². The standard InChI is InChI=1S/C18H20N2O3S/c19-14-15-4-6-16(7-5-15)17-8-10-18(11-9-17)24(22,23)20-12-2-1-3-13-21/h4-11,21H,1-3,12-13H2,(H,20,22,23)/p+1. The topological polar surface area (TPSA) is 94.5 Å². The van der Waals surface area contributed by atoms with Crippen LogP contribution in [0, 0.1) is 11.3 Å². The van der Waals surface area contributed by atoms with Crippen molar-refractivity contribution in [3.05, 3.63) is 54.1 Å². The summed E-state index contributed by atoms with van der Waals surface area (Å²) in [5.74, 6) is 0. The minimum absolute atomic E-state index is 0.144. The van der Waals surface area contributed by atoms with E-state index >= 15 is 0 Å². The maximum atomic E-state index is 12.3. The fourth-order valence-electron chi connectivity index (χ4n) is 2.28. The Morgan fingerprint density at radius 2 is 1.58 bits per heavy atom. The fourth-order valence-corrected chi connectivity index (χ4v) is 3.37. The number of aliphatic hydroxyl groups is 1. The number of nitrogens with zero attached hydrogens (tertiary/aromatic N) is 1. The monoisotopic (exact) mass is 345 g/mol. The van der Waals surface area contributed by atoms with Crippen molar-refractivity contribution in [1.82, 2.24) is 4.72 Å². The number of hydrogen-bond donors (Lipinski definition) is 2. The van der Waals surface area contributed by atoms with E-state index in [0.717, 1.165) is 24.0 Å². The number of nitriles is 1. The van der Waals surface area contributed by atoms with Gasteiger partial charge in [0.25, 0.3) is 0 Å². The molecule has 126 valence electrons. The number of aliphatic hydroxyl groups excluding tert-OH is 1. The van der Waals surface area contributed by atoms with Gasteiger partial charge in [-0.15, -0.1) is 0 Å². The highest BCUT2D eigenvalue weighted by Crippen LogP contribution is 2.21. The van der Waals surface area contributed by atoms with Crippen molar-refractivity contribution in [2.45, 2.75) is 24.2 Å². The fraction of sp³-hybridized carbons (Fsp3) is 0.278. The molecule has 0 radical (unpaired) electrons. The van der Waals surface area contributed by atoms with Gasteiger partial charge in [0.05, 0.1) is 11.6 Å². The zero-order chi connectivity index (χ0) is 17.4. The van der Waals surface area contributed by atoms with Crippen molar-refractivity contribution >= 4 is 10.0 Å². The second-order valence-electron chi connectivity index (χ2n) is 5.42. The molecule has 6 heteroatoms. The Bertz CT molecular complexity index is 792. The molecule has 0 bridgehead atoms. The average molecular weight is 345 g/mol. The summed E-state index contributed by atoms with van der Waals surface area (Å²) in [5.41, 5.74) is 2.46. The highest BCUT2D eigenvalue weighted by atomic mass is 32.2. The molecule has 1 atom stereocenters. The van der Waals surface area contributed by atoms with E-state index in [2.05, 4.69) is 10.8 Å². The van der Waals surface area contributed by atoms with E-state index in [1.165, 1.54) is 0 Å². The van der Waals surface area contributed by atoms with Crippen LogP contribution in [-0.4, -0.2) is 26.7 Å². The Kier molecular flexibility index (Phi) is 6.50. The van der Waals surface area contributed by atoms with Gasteiger partial charge in [0.1, 0.15) is 4.90 Å². The van der Waals surface area contributed by atoms with Gasteiger partial charge < -0.3 is 5.11 Å². The van der Waals surface area contributed by atoms with Crippen LogP contribution in [0.4, 0.5) is 0 Å². The largest absolute Gasteiger partial charge is 0.396 e. The van der Waals surface area contributed by atoms with Gasteiger partial charge in [0, 0.05) is 13.2 Å². The van der Waals surface area contributed by atoms with Gasteiger partial charge in [0.15, 0.2) is 0 Å². The lowest BCUT2D eigenvalue weighted by atomic mass is 10.0. The Hall–Kier alpha value is -2.20. The van der Waals surface area contributed by atoms with Crippen LogP contribution >= 0.6 is 0 Å². The molecule has 0 amide bonds. The van der Waals surface area contributed by atoms with Crippen molar-refractivity contribution in [2.24, 2.45) is 0 Å². The molecule has 0 fully saturated rings. The first kappa shape index (κ1) is 18.1. The Labute approximate surface area is 142 Å². The molecular formula is C18H21N2O3S+. The number of rotatable bonds is 8. The van der Waals surface area contributed by atoms with Gasteiger partial charge in [-0.3, -0.25) is 0 Å². The normalized spacial score (nSPS) is 13.2. The van der Waals surface area contributed by atoms with E-state index in [-0.39, 0.29) is 6.61 Å². The van der Waals surface area contributed by atoms with Crippen molar-refractivity contribution in [3.63, 3.8) is 0 Å². The van der Waals surface area contributed by atoms with E-state index in [4.69, 9.17) is 10.4 Å². The minimum atomic E-state index is -3.26. The van der Waals surface area contributed by atoms with Crippen molar-refractivity contribution < 1.29 is 13.5 Å². The van der Waals surface area contributed by atoms with Crippen LogP contribution in [0.5, 0.6) is 0 Å². The molecule has 0 aromatic heterocycles. The molecule has 2 aromatic carbocycles. The number of nitrogens with one attached hydrogen (secondary N) is 1. The summed E-state index contributed by atoms with van der Waals surface area (Å²) in [7, 11) is -3.26. The number of unbranched alkanes of at least 4 members (excludes halogenated alkanes) is 2. The van der Waals surface area contributed by atoms with E-state index in [1.54, 1.807) is 36.4 Å². The molecule has 1 unspecified atom stereocenters. The van der Waals surface area contributed by atoms with Gasteiger partial charge in [-0.25, -0.2) is 4.21 Å². The van der Waals surface area contributed by atoms with Gasteiger partial charge >= 0.3 is 10.0 Å². The average Bonchev–Trinajstić information content (AvgIpc) is 2.62. The maximum absolute atomic E-state index is 12.3. The summed E-state index contributed by atoms with van der Waals surface area (Å²) in [5, 5.41) is 17.5. The quantitative estimate of drug-likeness (QED) is 0.569. The molecule has 2 rings (SSSR count). The summed E-state index contributed by atoms with van der Waals surface area (Å²) < 4.78 is 25.1. The third-order valence-electron chi connectivity index (χ3n) is 3.65. The molecule has 24 heavy (non-hydrogen) atoms. The zero-order valence-corrected chi connectivity index (χ0v) is 14.1. The van der Waals surface area contributed by atoms with Crippen LogP contribution in [0.15, 0.2) is 53.4 Å². The van der Waals surface area contributed by atoms with Crippen molar-refractivity contribution in [2.75, 3.05) is 13.2 Å². The molecule has 0 spiro atoms. The molecule has 0 aliphatic rings. The molecule has 0 heterocycles.